The summed E-state index contributed by atoms with van der Waals surface area (Å²) in [5.41, 5.74) is 0.357. The number of hydrogen-bond acceptors (Lipinski definition) is 4. The molecule has 2 aromatic carbocycles. The van der Waals surface area contributed by atoms with Crippen molar-refractivity contribution in [2.75, 3.05) is 0 Å². The van der Waals surface area contributed by atoms with E-state index in [-0.39, 0.29) is 25.7 Å². The van der Waals surface area contributed by atoms with E-state index in [4.69, 9.17) is 46.4 Å². The minimum Gasteiger partial charge on any atom is -0.302 e. The lowest BCUT2D eigenvalue weighted by atomic mass is 10.3. The van der Waals surface area contributed by atoms with Crippen LogP contribution in [0.2, 0.25) is 20.1 Å². The van der Waals surface area contributed by atoms with E-state index in [0.717, 1.165) is 0 Å². The van der Waals surface area contributed by atoms with Crippen molar-refractivity contribution >= 4 is 62.3 Å². The second-order valence-electron chi connectivity index (χ2n) is 5.60. The largest absolute Gasteiger partial charge is 0.302 e. The van der Waals surface area contributed by atoms with Crippen LogP contribution in [0.1, 0.15) is 16.3 Å². The molecule has 0 atom stereocenters. The lowest BCUT2D eigenvalue weighted by molar-refractivity contribution is 0.0977. The minimum absolute atomic E-state index is 0.111. The van der Waals surface area contributed by atoms with Gasteiger partial charge in [-0.3, -0.25) is 4.79 Å². The molecule has 0 aliphatic heterocycles. The first-order chi connectivity index (χ1) is 13.1. The molecule has 1 aromatic heterocycles. The molecule has 0 radical (unpaired) electrons. The maximum Gasteiger partial charge on any atom is 0.285 e. The summed E-state index contributed by atoms with van der Waals surface area (Å²) >= 11 is 24.1. The molecule has 0 bridgehead atoms. The van der Waals surface area contributed by atoms with Crippen LogP contribution in [0.25, 0.3) is 5.69 Å². The van der Waals surface area contributed by atoms with Gasteiger partial charge in [0, 0.05) is 6.20 Å². The van der Waals surface area contributed by atoms with E-state index < -0.39 is 15.9 Å². The Morgan fingerprint density at radius 3 is 2.21 bits per heavy atom. The van der Waals surface area contributed by atoms with Crippen molar-refractivity contribution in [2.45, 2.75) is 11.8 Å². The molecule has 28 heavy (non-hydrogen) atoms. The number of halogens is 4. The zero-order chi connectivity index (χ0) is 20.6. The fourth-order valence-corrected chi connectivity index (χ4v) is 4.96. The average Bonchev–Trinajstić information content (AvgIpc) is 2.98. The fourth-order valence-electron chi connectivity index (χ4n) is 2.47. The minimum atomic E-state index is -4.31. The number of carbonyl (C=O) groups is 1. The Bertz CT molecular complexity index is 1170. The van der Waals surface area contributed by atoms with Crippen LogP contribution in [-0.2, 0) is 10.0 Å². The van der Waals surface area contributed by atoms with Crippen molar-refractivity contribution in [3.05, 3.63) is 74.2 Å². The van der Waals surface area contributed by atoms with Crippen LogP contribution in [0.4, 0.5) is 0 Å². The number of carbonyl (C=O) groups excluding carboxylic acids is 1. The van der Waals surface area contributed by atoms with Crippen LogP contribution < -0.4 is 4.72 Å². The highest BCUT2D eigenvalue weighted by molar-refractivity contribution is 7.90. The molecule has 0 aliphatic rings. The molecule has 0 unspecified atom stereocenters. The van der Waals surface area contributed by atoms with E-state index in [0.29, 0.717) is 16.5 Å². The molecule has 1 heterocycles. The van der Waals surface area contributed by atoms with Crippen molar-refractivity contribution in [3.63, 3.8) is 0 Å². The van der Waals surface area contributed by atoms with Crippen molar-refractivity contribution in [1.29, 1.82) is 0 Å². The van der Waals surface area contributed by atoms with E-state index in [9.17, 15) is 13.2 Å². The van der Waals surface area contributed by atoms with Gasteiger partial charge in [-0.05, 0) is 31.2 Å². The van der Waals surface area contributed by atoms with Crippen LogP contribution in [0.3, 0.4) is 0 Å². The molecule has 0 spiro atoms. The van der Waals surface area contributed by atoms with Gasteiger partial charge in [-0.15, -0.1) is 0 Å². The fraction of sp³-hybridized carbons (Fsp3) is 0.0588. The number of sulfonamides is 1. The second kappa shape index (κ2) is 7.93. The molecular weight excluding hydrogens is 468 g/mol. The quantitative estimate of drug-likeness (QED) is 0.577. The van der Waals surface area contributed by atoms with Crippen molar-refractivity contribution in [2.24, 2.45) is 0 Å². The van der Waals surface area contributed by atoms with Gasteiger partial charge in [0.05, 0.1) is 25.8 Å². The van der Waals surface area contributed by atoms with Gasteiger partial charge in [0.25, 0.3) is 15.9 Å². The Kier molecular flexibility index (Phi) is 5.93. The van der Waals surface area contributed by atoms with E-state index in [1.807, 2.05) is 4.72 Å². The van der Waals surface area contributed by atoms with Gasteiger partial charge in [0.15, 0.2) is 0 Å². The first kappa shape index (κ1) is 21.0. The molecule has 0 saturated carbocycles. The lowest BCUT2D eigenvalue weighted by Gasteiger charge is -2.09. The molecule has 1 amide bonds. The Morgan fingerprint density at radius 2 is 1.57 bits per heavy atom. The van der Waals surface area contributed by atoms with Gasteiger partial charge in [-0.25, -0.2) is 18.1 Å². The third-order valence-electron chi connectivity index (χ3n) is 3.72. The number of rotatable bonds is 4. The number of aromatic nitrogens is 2. The Morgan fingerprint density at radius 1 is 1.00 bits per heavy atom. The van der Waals surface area contributed by atoms with E-state index in [1.54, 1.807) is 25.1 Å². The van der Waals surface area contributed by atoms with Crippen molar-refractivity contribution < 1.29 is 13.2 Å². The maximum atomic E-state index is 12.5. The maximum absolute atomic E-state index is 12.5. The van der Waals surface area contributed by atoms with Crippen LogP contribution in [-0.4, -0.2) is 23.9 Å². The van der Waals surface area contributed by atoms with Crippen LogP contribution in [0.5, 0.6) is 0 Å². The summed E-state index contributed by atoms with van der Waals surface area (Å²) in [5.74, 6) is -0.543. The average molecular weight is 479 g/mol. The third kappa shape index (κ3) is 3.99. The SMILES string of the molecule is Cc1nc(C(=O)NS(=O)(=O)c2c(Cl)cccc2Cl)cn1-c1cccc(Cl)c1Cl. The first-order valence-electron chi connectivity index (χ1n) is 7.63. The monoisotopic (exact) mass is 477 g/mol. The van der Waals surface area contributed by atoms with Gasteiger partial charge >= 0.3 is 0 Å². The number of hydrogen-bond donors (Lipinski definition) is 1. The molecule has 3 aromatic rings. The standard InChI is InChI=1S/C17H11Cl4N3O3S/c1-9-22-13(8-24(9)14-7-3-4-10(18)15(14)21)17(25)23-28(26,27)16-11(19)5-2-6-12(16)20/h2-8H,1H3,(H,23,25). The number of benzene rings is 2. The lowest BCUT2D eigenvalue weighted by Crippen LogP contribution is -2.31. The van der Waals surface area contributed by atoms with Gasteiger partial charge in [-0.2, -0.15) is 0 Å². The highest BCUT2D eigenvalue weighted by atomic mass is 35.5. The smallest absolute Gasteiger partial charge is 0.285 e. The molecule has 1 N–H and O–H groups in total. The van der Waals surface area contributed by atoms with Crippen LogP contribution >= 0.6 is 46.4 Å². The number of nitrogens with one attached hydrogen (secondary N) is 1. The van der Waals surface area contributed by atoms with E-state index >= 15 is 0 Å². The number of imidazole rings is 1. The second-order valence-corrected chi connectivity index (χ2v) is 8.82. The summed E-state index contributed by atoms with van der Waals surface area (Å²) in [5, 5.41) is 0.377. The van der Waals surface area contributed by atoms with Crippen LogP contribution in [0, 0.1) is 6.92 Å². The highest BCUT2D eigenvalue weighted by Crippen LogP contribution is 2.30. The molecular formula is C17H11Cl4N3O3S. The van der Waals surface area contributed by atoms with Crippen molar-refractivity contribution in [3.8, 4) is 5.69 Å². The molecule has 6 nitrogen and oxygen atoms in total. The van der Waals surface area contributed by atoms with Crippen molar-refractivity contribution in [1.82, 2.24) is 14.3 Å². The van der Waals surface area contributed by atoms with E-state index in [2.05, 4.69) is 4.98 Å². The Balaban J connectivity index is 1.95. The normalized spacial score (nSPS) is 11.5. The topological polar surface area (TPSA) is 81.1 Å². The summed E-state index contributed by atoms with van der Waals surface area (Å²) in [6.45, 7) is 1.63. The Hall–Kier alpha value is -1.77. The summed E-state index contributed by atoms with van der Waals surface area (Å²) in [7, 11) is -4.31. The molecule has 11 heteroatoms. The number of nitrogens with zero attached hydrogens (tertiary/aromatic N) is 2. The molecule has 3 rings (SSSR count). The summed E-state index contributed by atoms with van der Waals surface area (Å²) in [6, 6.07) is 9.19. The number of amides is 1. The van der Waals surface area contributed by atoms with Gasteiger partial charge in [0.1, 0.15) is 16.4 Å². The predicted octanol–water partition coefficient (Wildman–Crippen LogP) is 4.91. The summed E-state index contributed by atoms with van der Waals surface area (Å²) in [6.07, 6.45) is 1.35. The summed E-state index contributed by atoms with van der Waals surface area (Å²) in [4.78, 5) is 16.2. The molecule has 0 fully saturated rings. The zero-order valence-corrected chi connectivity index (χ0v) is 17.9. The van der Waals surface area contributed by atoms with E-state index in [1.165, 1.54) is 29.0 Å². The van der Waals surface area contributed by atoms with Crippen LogP contribution in [0.15, 0.2) is 47.5 Å². The summed E-state index contributed by atoms with van der Waals surface area (Å²) < 4.78 is 28.5. The Labute approximate surface area is 181 Å². The number of aryl methyl sites for hydroxylation is 1. The molecule has 146 valence electrons. The molecule has 0 aliphatic carbocycles. The van der Waals surface area contributed by atoms with Gasteiger partial charge < -0.3 is 4.57 Å². The molecule has 0 saturated heterocycles. The third-order valence-corrected chi connectivity index (χ3v) is 6.81. The first-order valence-corrected chi connectivity index (χ1v) is 10.6. The zero-order valence-electron chi connectivity index (χ0n) is 14.1. The predicted molar refractivity (Wildman–Crippen MR) is 109 cm³/mol. The van der Waals surface area contributed by atoms with Gasteiger partial charge in [0.2, 0.25) is 0 Å². The highest BCUT2D eigenvalue weighted by Gasteiger charge is 2.26. The van der Waals surface area contributed by atoms with Gasteiger partial charge in [-0.1, -0.05) is 58.5 Å².